The second kappa shape index (κ2) is 4.28. The van der Waals surface area contributed by atoms with E-state index in [1.165, 1.54) is 0 Å². The summed E-state index contributed by atoms with van der Waals surface area (Å²) in [6.07, 6.45) is 3.48. The monoisotopic (exact) mass is 211 g/mol. The Hall–Kier alpha value is -0.940. The number of hydrogen-bond acceptors (Lipinski definition) is 4. The quantitative estimate of drug-likeness (QED) is 0.785. The van der Waals surface area contributed by atoms with Crippen molar-refractivity contribution in [3.63, 3.8) is 0 Å². The van der Waals surface area contributed by atoms with E-state index in [0.29, 0.717) is 32.5 Å². The molecule has 5 heteroatoms. The molecule has 0 spiro atoms. The van der Waals surface area contributed by atoms with Crippen molar-refractivity contribution in [2.45, 2.75) is 38.3 Å². The Morgan fingerprint density at radius 2 is 2.27 bits per heavy atom. The fraction of sp³-hybridized carbons (Fsp3) is 0.800. The van der Waals surface area contributed by atoms with Crippen molar-refractivity contribution in [1.82, 2.24) is 14.8 Å². The van der Waals surface area contributed by atoms with Crippen LogP contribution in [0.1, 0.15) is 25.6 Å². The number of rotatable bonds is 3. The largest absolute Gasteiger partial charge is 0.389 e. The summed E-state index contributed by atoms with van der Waals surface area (Å²) in [7, 11) is 0. The summed E-state index contributed by atoms with van der Waals surface area (Å²) < 4.78 is 7.06. The van der Waals surface area contributed by atoms with E-state index in [0.717, 1.165) is 12.4 Å². The first-order chi connectivity index (χ1) is 7.23. The average Bonchev–Trinajstić information content (AvgIpc) is 2.65. The van der Waals surface area contributed by atoms with Gasteiger partial charge in [0.25, 0.3) is 0 Å². The van der Waals surface area contributed by atoms with Crippen LogP contribution in [0.3, 0.4) is 0 Å². The molecule has 15 heavy (non-hydrogen) atoms. The summed E-state index contributed by atoms with van der Waals surface area (Å²) in [5.41, 5.74) is -0.655. The normalized spacial score (nSPS) is 20.4. The van der Waals surface area contributed by atoms with Gasteiger partial charge in [-0.15, -0.1) is 0 Å². The second-order valence-corrected chi connectivity index (χ2v) is 4.01. The molecule has 1 aliphatic heterocycles. The highest BCUT2D eigenvalue weighted by atomic mass is 16.5. The van der Waals surface area contributed by atoms with Crippen molar-refractivity contribution < 1.29 is 9.84 Å². The Bertz CT molecular complexity index is 318. The summed E-state index contributed by atoms with van der Waals surface area (Å²) >= 11 is 0. The third-order valence-electron chi connectivity index (χ3n) is 2.91. The molecule has 0 unspecified atom stereocenters. The van der Waals surface area contributed by atoms with Gasteiger partial charge in [-0.2, -0.15) is 5.10 Å². The van der Waals surface area contributed by atoms with Crippen LogP contribution in [-0.2, 0) is 17.7 Å². The molecule has 1 saturated heterocycles. The SMILES string of the molecule is CCn1ncnc1CC1(O)CCOCC1. The average molecular weight is 211 g/mol. The highest BCUT2D eigenvalue weighted by Gasteiger charge is 2.31. The van der Waals surface area contributed by atoms with Crippen molar-refractivity contribution in [3.05, 3.63) is 12.2 Å². The molecule has 0 radical (unpaired) electrons. The van der Waals surface area contributed by atoms with Crippen molar-refractivity contribution in [2.75, 3.05) is 13.2 Å². The van der Waals surface area contributed by atoms with E-state index in [9.17, 15) is 5.11 Å². The molecule has 1 aliphatic rings. The van der Waals surface area contributed by atoms with Gasteiger partial charge in [0.05, 0.1) is 5.60 Å². The molecule has 0 aliphatic carbocycles. The lowest BCUT2D eigenvalue weighted by atomic mass is 9.90. The molecule has 1 aromatic rings. The Morgan fingerprint density at radius 1 is 1.53 bits per heavy atom. The minimum atomic E-state index is -0.655. The van der Waals surface area contributed by atoms with Gasteiger partial charge >= 0.3 is 0 Å². The number of ether oxygens (including phenoxy) is 1. The lowest BCUT2D eigenvalue weighted by molar-refractivity contribution is -0.0640. The zero-order valence-corrected chi connectivity index (χ0v) is 9.02. The molecule has 84 valence electrons. The number of nitrogens with zero attached hydrogens (tertiary/aromatic N) is 3. The summed E-state index contributed by atoms with van der Waals surface area (Å²) in [4.78, 5) is 4.18. The maximum absolute atomic E-state index is 10.3. The Balaban J connectivity index is 2.06. The van der Waals surface area contributed by atoms with Crippen LogP contribution in [0.2, 0.25) is 0 Å². The second-order valence-electron chi connectivity index (χ2n) is 4.01. The standard InChI is InChI=1S/C10H17N3O2/c1-2-13-9(11-8-12-13)7-10(14)3-5-15-6-4-10/h8,14H,2-7H2,1H3. The maximum atomic E-state index is 10.3. The summed E-state index contributed by atoms with van der Waals surface area (Å²) in [6, 6.07) is 0. The molecular formula is C10H17N3O2. The van der Waals surface area contributed by atoms with E-state index < -0.39 is 5.60 Å². The summed E-state index contributed by atoms with van der Waals surface area (Å²) in [6.45, 7) is 4.08. The first kappa shape index (κ1) is 10.6. The Kier molecular flexibility index (Phi) is 3.02. The number of aliphatic hydroxyl groups is 1. The first-order valence-corrected chi connectivity index (χ1v) is 5.40. The van der Waals surface area contributed by atoms with Gasteiger partial charge in [0, 0.05) is 39.0 Å². The molecule has 1 fully saturated rings. The molecule has 2 rings (SSSR count). The molecule has 2 heterocycles. The fourth-order valence-electron chi connectivity index (χ4n) is 1.91. The van der Waals surface area contributed by atoms with E-state index in [2.05, 4.69) is 10.1 Å². The molecular weight excluding hydrogens is 194 g/mol. The summed E-state index contributed by atoms with van der Waals surface area (Å²) in [5, 5.41) is 14.4. The lowest BCUT2D eigenvalue weighted by Crippen LogP contribution is -2.39. The van der Waals surface area contributed by atoms with Gasteiger partial charge in [-0.1, -0.05) is 0 Å². The predicted octanol–water partition coefficient (Wildman–Crippen LogP) is 0.382. The number of hydrogen-bond donors (Lipinski definition) is 1. The van der Waals surface area contributed by atoms with E-state index >= 15 is 0 Å². The zero-order chi connectivity index (χ0) is 10.7. The van der Waals surface area contributed by atoms with Gasteiger partial charge in [0.1, 0.15) is 12.2 Å². The van der Waals surface area contributed by atoms with Crippen LogP contribution in [0.25, 0.3) is 0 Å². The van der Waals surface area contributed by atoms with Crippen LogP contribution < -0.4 is 0 Å². The predicted molar refractivity (Wildman–Crippen MR) is 54.4 cm³/mol. The van der Waals surface area contributed by atoms with Gasteiger partial charge in [0.15, 0.2) is 0 Å². The first-order valence-electron chi connectivity index (χ1n) is 5.40. The Labute approximate surface area is 89.1 Å². The topological polar surface area (TPSA) is 60.2 Å². The maximum Gasteiger partial charge on any atom is 0.138 e. The third-order valence-corrected chi connectivity index (χ3v) is 2.91. The van der Waals surface area contributed by atoms with Crippen LogP contribution in [0, 0.1) is 0 Å². The molecule has 1 aromatic heterocycles. The van der Waals surface area contributed by atoms with Crippen LogP contribution in [0.5, 0.6) is 0 Å². The highest BCUT2D eigenvalue weighted by molar-refractivity contribution is 4.95. The van der Waals surface area contributed by atoms with Crippen molar-refractivity contribution in [2.24, 2.45) is 0 Å². The van der Waals surface area contributed by atoms with Crippen LogP contribution in [0.15, 0.2) is 6.33 Å². The minimum absolute atomic E-state index is 0.574. The van der Waals surface area contributed by atoms with Crippen LogP contribution in [0.4, 0.5) is 0 Å². The molecule has 0 amide bonds. The third kappa shape index (κ3) is 2.35. The van der Waals surface area contributed by atoms with Crippen LogP contribution >= 0.6 is 0 Å². The van der Waals surface area contributed by atoms with Gasteiger partial charge < -0.3 is 9.84 Å². The fourth-order valence-corrected chi connectivity index (χ4v) is 1.91. The molecule has 0 saturated carbocycles. The van der Waals surface area contributed by atoms with Crippen LogP contribution in [-0.4, -0.2) is 38.7 Å². The van der Waals surface area contributed by atoms with Gasteiger partial charge in [-0.25, -0.2) is 4.98 Å². The summed E-state index contributed by atoms with van der Waals surface area (Å²) in [5.74, 6) is 0.863. The van der Waals surface area contributed by atoms with E-state index in [4.69, 9.17) is 4.74 Å². The van der Waals surface area contributed by atoms with Gasteiger partial charge in [-0.3, -0.25) is 4.68 Å². The minimum Gasteiger partial charge on any atom is -0.389 e. The molecule has 5 nitrogen and oxygen atoms in total. The Morgan fingerprint density at radius 3 is 2.93 bits per heavy atom. The van der Waals surface area contributed by atoms with E-state index in [1.54, 1.807) is 6.33 Å². The zero-order valence-electron chi connectivity index (χ0n) is 9.02. The molecule has 0 aromatic carbocycles. The van der Waals surface area contributed by atoms with Crippen molar-refractivity contribution in [3.8, 4) is 0 Å². The molecule has 0 atom stereocenters. The molecule has 0 bridgehead atoms. The van der Waals surface area contributed by atoms with Crippen molar-refractivity contribution in [1.29, 1.82) is 0 Å². The van der Waals surface area contributed by atoms with Crippen molar-refractivity contribution >= 4 is 0 Å². The number of aromatic nitrogens is 3. The highest BCUT2D eigenvalue weighted by Crippen LogP contribution is 2.24. The molecule has 1 N–H and O–H groups in total. The van der Waals surface area contributed by atoms with E-state index in [-0.39, 0.29) is 0 Å². The lowest BCUT2D eigenvalue weighted by Gasteiger charge is -2.31. The van der Waals surface area contributed by atoms with E-state index in [1.807, 2.05) is 11.6 Å². The smallest absolute Gasteiger partial charge is 0.138 e. The number of aryl methyl sites for hydroxylation is 1. The van der Waals surface area contributed by atoms with Gasteiger partial charge in [0.2, 0.25) is 0 Å². The van der Waals surface area contributed by atoms with Gasteiger partial charge in [-0.05, 0) is 6.92 Å².